The minimum atomic E-state index is -1.42. The molecule has 154 valence electrons. The summed E-state index contributed by atoms with van der Waals surface area (Å²) in [5, 5.41) is 45.8. The number of aromatic nitrogens is 2. The average Bonchev–Trinajstić information content (AvgIpc) is 3.07. The highest BCUT2D eigenvalue weighted by Gasteiger charge is 2.44. The zero-order valence-electron chi connectivity index (χ0n) is 15.8. The lowest BCUT2D eigenvalue weighted by Crippen LogP contribution is -2.55. The smallest absolute Gasteiger partial charge is 0.113 e. The van der Waals surface area contributed by atoms with Crippen molar-refractivity contribution in [3.8, 4) is 0 Å². The third-order valence-corrected chi connectivity index (χ3v) is 5.74. The minimum Gasteiger partial charge on any atom is -0.394 e. The van der Waals surface area contributed by atoms with Crippen LogP contribution in [0.25, 0.3) is 10.9 Å². The molecule has 0 saturated carbocycles. The van der Waals surface area contributed by atoms with Gasteiger partial charge in [-0.3, -0.25) is 4.68 Å². The molecule has 1 aliphatic rings. The lowest BCUT2D eigenvalue weighted by atomic mass is 9.90. The van der Waals surface area contributed by atoms with Crippen LogP contribution in [0.2, 0.25) is 5.02 Å². The molecule has 1 saturated heterocycles. The second-order valence-corrected chi connectivity index (χ2v) is 7.88. The van der Waals surface area contributed by atoms with Gasteiger partial charge in [-0.15, -0.1) is 0 Å². The number of fused-ring (bicyclic) bond motifs is 1. The Bertz CT molecular complexity index is 1020. The van der Waals surface area contributed by atoms with Gasteiger partial charge in [-0.25, -0.2) is 0 Å². The molecular weight excluding hydrogens is 396 g/mol. The first-order valence-electron chi connectivity index (χ1n) is 9.38. The van der Waals surface area contributed by atoms with Crippen molar-refractivity contribution in [2.45, 2.75) is 36.9 Å². The van der Waals surface area contributed by atoms with Crippen molar-refractivity contribution in [3.63, 3.8) is 0 Å². The average molecular weight is 419 g/mol. The van der Waals surface area contributed by atoms with Gasteiger partial charge in [0.1, 0.15) is 30.5 Å². The molecule has 3 aromatic rings. The van der Waals surface area contributed by atoms with Crippen molar-refractivity contribution < 1.29 is 25.2 Å². The number of hydrogen-bond donors (Lipinski definition) is 4. The highest BCUT2D eigenvalue weighted by Crippen LogP contribution is 2.34. The second-order valence-electron chi connectivity index (χ2n) is 7.47. The van der Waals surface area contributed by atoms with Crippen LogP contribution in [0.1, 0.15) is 22.8 Å². The van der Waals surface area contributed by atoms with Crippen LogP contribution in [0.15, 0.2) is 42.6 Å². The summed E-state index contributed by atoms with van der Waals surface area (Å²) in [6, 6.07) is 11.3. The second kappa shape index (κ2) is 8.02. The molecule has 1 aromatic heterocycles. The van der Waals surface area contributed by atoms with Crippen molar-refractivity contribution in [2.24, 2.45) is 7.05 Å². The quantitative estimate of drug-likeness (QED) is 0.509. The number of aryl methyl sites for hydroxylation is 1. The highest BCUT2D eigenvalue weighted by molar-refractivity contribution is 6.31. The van der Waals surface area contributed by atoms with Crippen molar-refractivity contribution >= 4 is 22.5 Å². The number of hydrogen-bond acceptors (Lipinski definition) is 6. The molecule has 29 heavy (non-hydrogen) atoms. The first-order chi connectivity index (χ1) is 13.9. The van der Waals surface area contributed by atoms with Crippen LogP contribution in [0, 0.1) is 0 Å². The lowest BCUT2D eigenvalue weighted by molar-refractivity contribution is -0.231. The van der Waals surface area contributed by atoms with Crippen LogP contribution in [-0.4, -0.2) is 61.2 Å². The number of aliphatic hydroxyl groups excluding tert-OH is 4. The Labute approximate surface area is 172 Å². The molecule has 2 aromatic carbocycles. The number of ether oxygens (including phenoxy) is 1. The lowest BCUT2D eigenvalue weighted by Gasteiger charge is -2.40. The molecule has 0 bridgehead atoms. The van der Waals surface area contributed by atoms with Gasteiger partial charge in [0.15, 0.2) is 0 Å². The number of halogens is 1. The van der Waals surface area contributed by atoms with Crippen molar-refractivity contribution in [2.75, 3.05) is 6.61 Å². The van der Waals surface area contributed by atoms with E-state index in [1.54, 1.807) is 16.8 Å². The van der Waals surface area contributed by atoms with Crippen LogP contribution in [-0.2, 0) is 18.2 Å². The maximum atomic E-state index is 10.4. The largest absolute Gasteiger partial charge is 0.394 e. The molecule has 1 aliphatic heterocycles. The highest BCUT2D eigenvalue weighted by atomic mass is 35.5. The molecule has 5 unspecified atom stereocenters. The van der Waals surface area contributed by atoms with Crippen LogP contribution in [0.5, 0.6) is 0 Å². The van der Waals surface area contributed by atoms with E-state index in [4.69, 9.17) is 16.3 Å². The Morgan fingerprint density at radius 2 is 1.86 bits per heavy atom. The van der Waals surface area contributed by atoms with Gasteiger partial charge in [-0.05, 0) is 41.3 Å². The third kappa shape index (κ3) is 3.90. The van der Waals surface area contributed by atoms with E-state index in [0.717, 1.165) is 22.0 Å². The van der Waals surface area contributed by atoms with Crippen molar-refractivity contribution in [1.29, 1.82) is 0 Å². The molecule has 8 heteroatoms. The minimum absolute atomic E-state index is 0.465. The molecule has 0 radical (unpaired) electrons. The first kappa shape index (κ1) is 20.3. The van der Waals surface area contributed by atoms with Gasteiger partial charge in [0.25, 0.3) is 0 Å². The molecule has 1 fully saturated rings. The predicted molar refractivity (Wildman–Crippen MR) is 108 cm³/mol. The standard InChI is InChI=1S/C21H23ClN2O5/c1-24-9-14-7-11(2-5-16(14)23-24)6-13-8-12(3-4-15(13)22)21-20(28)19(27)18(26)17(10-25)29-21/h2-5,7-9,17-21,25-28H,6,10H2,1H3. The van der Waals surface area contributed by atoms with Crippen LogP contribution in [0.3, 0.4) is 0 Å². The Hall–Kier alpha value is -2.00. The van der Waals surface area contributed by atoms with E-state index < -0.39 is 37.1 Å². The van der Waals surface area contributed by atoms with Crippen LogP contribution >= 0.6 is 11.6 Å². The predicted octanol–water partition coefficient (Wildman–Crippen LogP) is 1.33. The summed E-state index contributed by atoms with van der Waals surface area (Å²) in [4.78, 5) is 0. The van der Waals surface area contributed by atoms with Gasteiger partial charge >= 0.3 is 0 Å². The number of aliphatic hydroxyl groups is 4. The molecule has 0 aliphatic carbocycles. The Morgan fingerprint density at radius 1 is 1.07 bits per heavy atom. The van der Waals surface area contributed by atoms with Gasteiger partial charge < -0.3 is 25.2 Å². The number of nitrogens with zero attached hydrogens (tertiary/aromatic N) is 2. The van der Waals surface area contributed by atoms with E-state index >= 15 is 0 Å². The maximum Gasteiger partial charge on any atom is 0.113 e. The van der Waals surface area contributed by atoms with E-state index in [2.05, 4.69) is 11.2 Å². The monoisotopic (exact) mass is 418 g/mol. The summed E-state index contributed by atoms with van der Waals surface area (Å²) in [6.45, 7) is -0.465. The molecule has 4 rings (SSSR count). The van der Waals surface area contributed by atoms with Gasteiger partial charge in [0.05, 0.1) is 12.1 Å². The molecule has 5 atom stereocenters. The Balaban J connectivity index is 1.63. The summed E-state index contributed by atoms with van der Waals surface area (Å²) in [6.07, 6.45) is -3.46. The fourth-order valence-corrected chi connectivity index (χ4v) is 4.00. The number of benzene rings is 2. The van der Waals surface area contributed by atoms with Crippen molar-refractivity contribution in [3.05, 3.63) is 64.3 Å². The Kier molecular flexibility index (Phi) is 5.61. The maximum absolute atomic E-state index is 10.4. The Morgan fingerprint density at radius 3 is 2.62 bits per heavy atom. The van der Waals surface area contributed by atoms with E-state index in [-0.39, 0.29) is 0 Å². The summed E-state index contributed by atoms with van der Waals surface area (Å²) >= 11 is 6.40. The molecular formula is C21H23ClN2O5. The zero-order valence-corrected chi connectivity index (χ0v) is 16.6. The van der Waals surface area contributed by atoms with Crippen LogP contribution in [0.4, 0.5) is 0 Å². The van der Waals surface area contributed by atoms with E-state index in [1.807, 2.05) is 31.4 Å². The third-order valence-electron chi connectivity index (χ3n) is 5.37. The van der Waals surface area contributed by atoms with E-state index in [0.29, 0.717) is 17.0 Å². The molecule has 4 N–H and O–H groups in total. The van der Waals surface area contributed by atoms with Gasteiger partial charge in [0.2, 0.25) is 0 Å². The van der Waals surface area contributed by atoms with Gasteiger partial charge in [-0.1, -0.05) is 29.8 Å². The summed E-state index contributed by atoms with van der Waals surface area (Å²) in [7, 11) is 1.88. The summed E-state index contributed by atoms with van der Waals surface area (Å²) < 4.78 is 7.42. The SMILES string of the molecule is Cn1cc2cc(Cc3cc(C4OC(CO)C(O)C(O)C4O)ccc3Cl)ccc2n1. The van der Waals surface area contributed by atoms with Crippen LogP contribution < -0.4 is 0 Å². The zero-order chi connectivity index (χ0) is 20.7. The van der Waals surface area contributed by atoms with Crippen molar-refractivity contribution in [1.82, 2.24) is 9.78 Å². The van der Waals surface area contributed by atoms with E-state index in [9.17, 15) is 20.4 Å². The molecule has 0 amide bonds. The van der Waals surface area contributed by atoms with Gasteiger partial charge in [0, 0.05) is 23.7 Å². The van der Waals surface area contributed by atoms with Gasteiger partial charge in [-0.2, -0.15) is 5.10 Å². The summed E-state index contributed by atoms with van der Waals surface area (Å²) in [5.74, 6) is 0. The summed E-state index contributed by atoms with van der Waals surface area (Å²) in [5.41, 5.74) is 3.42. The number of rotatable bonds is 4. The first-order valence-corrected chi connectivity index (χ1v) is 9.76. The normalized spacial score (nSPS) is 27.4. The molecule has 0 spiro atoms. The molecule has 7 nitrogen and oxygen atoms in total. The molecule has 2 heterocycles. The topological polar surface area (TPSA) is 108 Å². The fourth-order valence-electron chi connectivity index (χ4n) is 3.81. The van der Waals surface area contributed by atoms with E-state index in [1.165, 1.54) is 0 Å². The fraction of sp³-hybridized carbons (Fsp3) is 0.381.